The van der Waals surface area contributed by atoms with Gasteiger partial charge in [-0.05, 0) is 37.9 Å². The van der Waals surface area contributed by atoms with E-state index in [1.54, 1.807) is 6.07 Å². The van der Waals surface area contributed by atoms with Crippen LogP contribution in [-0.2, 0) is 6.54 Å². The Balaban J connectivity index is 1.86. The van der Waals surface area contributed by atoms with Crippen molar-refractivity contribution in [3.63, 3.8) is 0 Å². The van der Waals surface area contributed by atoms with Gasteiger partial charge in [0.25, 0.3) is 5.91 Å². The second-order valence-electron chi connectivity index (χ2n) is 3.66. The number of halogens is 2. The smallest absolute Gasteiger partial charge is 0.358 e. The number of nitrogens with zero attached hydrogens (tertiary/aromatic N) is 3. The summed E-state index contributed by atoms with van der Waals surface area (Å²) in [5.41, 5.74) is -0.123. The van der Waals surface area contributed by atoms with Crippen LogP contribution in [0, 0.1) is 0 Å². The van der Waals surface area contributed by atoms with Gasteiger partial charge in [-0.25, -0.2) is 9.48 Å². The number of carboxylic acid groups (broad SMARTS) is 1. The molecule has 20 heavy (non-hydrogen) atoms. The molecule has 2 aromatic heterocycles. The molecule has 106 valence electrons. The van der Waals surface area contributed by atoms with E-state index in [0.717, 1.165) is 8.26 Å². The average Bonchev–Trinajstić information content (AvgIpc) is 2.98. The second kappa shape index (κ2) is 6.46. The van der Waals surface area contributed by atoms with Crippen LogP contribution in [0.25, 0.3) is 0 Å². The number of aromatic nitrogens is 3. The molecule has 2 rings (SSSR count). The van der Waals surface area contributed by atoms with Crippen molar-refractivity contribution in [3.8, 4) is 0 Å². The zero-order valence-corrected chi connectivity index (χ0v) is 13.8. The third-order valence-corrected chi connectivity index (χ3v) is 5.51. The minimum Gasteiger partial charge on any atom is -0.476 e. The van der Waals surface area contributed by atoms with Crippen LogP contribution in [0.1, 0.15) is 20.2 Å². The van der Waals surface area contributed by atoms with Crippen LogP contribution in [0.15, 0.2) is 20.5 Å². The van der Waals surface area contributed by atoms with Gasteiger partial charge in [0.15, 0.2) is 5.69 Å². The van der Waals surface area contributed by atoms with Gasteiger partial charge in [-0.15, -0.1) is 16.4 Å². The molecule has 0 saturated heterocycles. The van der Waals surface area contributed by atoms with Crippen molar-refractivity contribution in [2.45, 2.75) is 6.54 Å². The van der Waals surface area contributed by atoms with Gasteiger partial charge in [0, 0.05) is 11.0 Å². The van der Waals surface area contributed by atoms with Crippen molar-refractivity contribution in [1.29, 1.82) is 0 Å². The molecule has 0 atom stereocenters. The first kappa shape index (κ1) is 15.1. The van der Waals surface area contributed by atoms with Gasteiger partial charge in [-0.3, -0.25) is 4.79 Å². The lowest BCUT2D eigenvalue weighted by atomic mass is 10.4. The lowest BCUT2D eigenvalue weighted by molar-refractivity contribution is 0.0690. The van der Waals surface area contributed by atoms with E-state index >= 15 is 0 Å². The molecule has 0 aliphatic heterocycles. The number of hydrogen-bond acceptors (Lipinski definition) is 5. The standard InChI is InChI=1S/C10H8Br2N4O3S/c11-5-3-7(20-8(5)12)9(17)13-1-2-16-4-6(10(18)19)14-15-16/h3-4H,1-2H2,(H,13,17)(H,18,19). The topological polar surface area (TPSA) is 97.1 Å². The van der Waals surface area contributed by atoms with Crippen LogP contribution in [0.4, 0.5) is 0 Å². The minimum absolute atomic E-state index is 0.123. The average molecular weight is 424 g/mol. The SMILES string of the molecule is O=C(O)c1cn(CCNC(=O)c2cc(Br)c(Br)s2)nn1. The number of carbonyl (C=O) groups is 2. The highest BCUT2D eigenvalue weighted by atomic mass is 79.9. The predicted molar refractivity (Wildman–Crippen MR) is 79.0 cm³/mol. The van der Waals surface area contributed by atoms with Gasteiger partial charge >= 0.3 is 5.97 Å². The Labute approximate surface area is 134 Å². The maximum Gasteiger partial charge on any atom is 0.358 e. The third-order valence-electron chi connectivity index (χ3n) is 2.25. The third kappa shape index (κ3) is 3.64. The Morgan fingerprint density at radius 1 is 1.45 bits per heavy atom. The highest BCUT2D eigenvalue weighted by Crippen LogP contribution is 2.32. The molecule has 0 aliphatic carbocycles. The van der Waals surface area contributed by atoms with E-state index in [0.29, 0.717) is 18.0 Å². The lowest BCUT2D eigenvalue weighted by Crippen LogP contribution is -2.26. The molecule has 2 heterocycles. The van der Waals surface area contributed by atoms with E-state index in [9.17, 15) is 9.59 Å². The Morgan fingerprint density at radius 3 is 2.75 bits per heavy atom. The van der Waals surface area contributed by atoms with Gasteiger partial charge < -0.3 is 10.4 Å². The fourth-order valence-corrected chi connectivity index (χ4v) is 3.29. The Morgan fingerprint density at radius 2 is 2.20 bits per heavy atom. The Hall–Kier alpha value is -1.26. The summed E-state index contributed by atoms with van der Waals surface area (Å²) in [7, 11) is 0. The highest BCUT2D eigenvalue weighted by molar-refractivity contribution is 9.13. The molecule has 0 saturated carbocycles. The summed E-state index contributed by atoms with van der Waals surface area (Å²) in [6.07, 6.45) is 1.31. The summed E-state index contributed by atoms with van der Waals surface area (Å²) in [6, 6.07) is 1.72. The van der Waals surface area contributed by atoms with Gasteiger partial charge in [0.05, 0.1) is 21.4 Å². The van der Waals surface area contributed by atoms with Crippen LogP contribution in [-0.4, -0.2) is 38.5 Å². The first-order valence-electron chi connectivity index (χ1n) is 5.34. The maximum absolute atomic E-state index is 11.8. The molecule has 0 bridgehead atoms. The number of carbonyl (C=O) groups excluding carboxylic acids is 1. The van der Waals surface area contributed by atoms with E-state index in [4.69, 9.17) is 5.11 Å². The quantitative estimate of drug-likeness (QED) is 0.766. The Kier molecular flexibility index (Phi) is 4.89. The zero-order valence-electron chi connectivity index (χ0n) is 9.84. The van der Waals surface area contributed by atoms with Gasteiger partial charge in [0.2, 0.25) is 0 Å². The van der Waals surface area contributed by atoms with E-state index in [1.165, 1.54) is 22.2 Å². The molecule has 0 unspecified atom stereocenters. The van der Waals surface area contributed by atoms with E-state index < -0.39 is 5.97 Å². The van der Waals surface area contributed by atoms with Crippen molar-refractivity contribution in [2.75, 3.05) is 6.54 Å². The summed E-state index contributed by atoms with van der Waals surface area (Å²) in [5, 5.41) is 18.5. The van der Waals surface area contributed by atoms with Crippen molar-refractivity contribution in [2.24, 2.45) is 0 Å². The number of nitrogens with one attached hydrogen (secondary N) is 1. The molecule has 0 aromatic carbocycles. The van der Waals surface area contributed by atoms with Gasteiger partial charge in [-0.2, -0.15) is 0 Å². The summed E-state index contributed by atoms with van der Waals surface area (Å²) in [6.45, 7) is 0.675. The number of hydrogen-bond donors (Lipinski definition) is 2. The van der Waals surface area contributed by atoms with Crippen LogP contribution in [0.2, 0.25) is 0 Å². The van der Waals surface area contributed by atoms with E-state index in [2.05, 4.69) is 47.5 Å². The number of aromatic carboxylic acids is 1. The van der Waals surface area contributed by atoms with Crippen molar-refractivity contribution >= 4 is 55.1 Å². The molecule has 0 spiro atoms. The molecule has 0 fully saturated rings. The summed E-state index contributed by atoms with van der Waals surface area (Å²) >= 11 is 7.95. The number of rotatable bonds is 5. The van der Waals surface area contributed by atoms with Crippen molar-refractivity contribution < 1.29 is 14.7 Å². The van der Waals surface area contributed by atoms with Crippen LogP contribution >= 0.6 is 43.2 Å². The predicted octanol–water partition coefficient (Wildman–Crippen LogP) is 1.99. The fraction of sp³-hybridized carbons (Fsp3) is 0.200. The lowest BCUT2D eigenvalue weighted by Gasteiger charge is -2.02. The van der Waals surface area contributed by atoms with Crippen molar-refractivity contribution in [1.82, 2.24) is 20.3 Å². The summed E-state index contributed by atoms with van der Waals surface area (Å²) in [4.78, 5) is 23.0. The number of amides is 1. The fourth-order valence-electron chi connectivity index (χ4n) is 1.34. The first-order valence-corrected chi connectivity index (χ1v) is 7.74. The number of carboxylic acids is 1. The van der Waals surface area contributed by atoms with Crippen LogP contribution in [0.5, 0.6) is 0 Å². The molecule has 2 aromatic rings. The molecule has 0 radical (unpaired) electrons. The van der Waals surface area contributed by atoms with Crippen LogP contribution < -0.4 is 5.32 Å². The zero-order chi connectivity index (χ0) is 14.7. The molecule has 7 nitrogen and oxygen atoms in total. The monoisotopic (exact) mass is 422 g/mol. The Bertz CT molecular complexity index is 635. The van der Waals surface area contributed by atoms with Gasteiger partial charge in [0.1, 0.15) is 0 Å². The van der Waals surface area contributed by atoms with E-state index in [-0.39, 0.29) is 11.6 Å². The van der Waals surface area contributed by atoms with Crippen LogP contribution in [0.3, 0.4) is 0 Å². The minimum atomic E-state index is -1.13. The highest BCUT2D eigenvalue weighted by Gasteiger charge is 2.12. The molecule has 0 aliphatic rings. The van der Waals surface area contributed by atoms with Gasteiger partial charge in [-0.1, -0.05) is 5.21 Å². The first-order chi connectivity index (χ1) is 9.47. The second-order valence-corrected chi connectivity index (χ2v) is 6.88. The number of thiophene rings is 1. The normalized spacial score (nSPS) is 10.5. The van der Waals surface area contributed by atoms with E-state index in [1.807, 2.05) is 0 Å². The molecular weight excluding hydrogens is 416 g/mol. The molecule has 2 N–H and O–H groups in total. The molecular formula is C10H8Br2N4O3S. The molecule has 1 amide bonds. The summed E-state index contributed by atoms with van der Waals surface area (Å²) in [5.74, 6) is -1.33. The molecule has 10 heteroatoms. The largest absolute Gasteiger partial charge is 0.476 e. The van der Waals surface area contributed by atoms with Crippen molar-refractivity contribution in [3.05, 3.63) is 31.1 Å². The maximum atomic E-state index is 11.8. The summed E-state index contributed by atoms with van der Waals surface area (Å²) < 4.78 is 3.05.